The van der Waals surface area contributed by atoms with E-state index in [2.05, 4.69) is 15.5 Å². The highest BCUT2D eigenvalue weighted by atomic mass is 32.1. The van der Waals surface area contributed by atoms with Crippen LogP contribution in [0.15, 0.2) is 24.3 Å². The summed E-state index contributed by atoms with van der Waals surface area (Å²) >= 11 is 1.36. The Hall–Kier alpha value is -2.32. The van der Waals surface area contributed by atoms with E-state index in [1.54, 1.807) is 7.11 Å². The molecule has 0 saturated heterocycles. The second-order valence-corrected chi connectivity index (χ2v) is 8.93. The average Bonchev–Trinajstić information content (AvgIpc) is 3.13. The fourth-order valence-corrected chi connectivity index (χ4v) is 5.47. The molecule has 2 aliphatic rings. The number of methoxy groups -OCH3 is 1. The SMILES string of the molecule is COCCN1C(=O)c2ccccc2[C@@H](C(=O)Nc2nnc(C)s2)C12CCCCC2. The zero-order valence-electron chi connectivity index (χ0n) is 16.8. The van der Waals surface area contributed by atoms with E-state index in [1.807, 2.05) is 36.1 Å². The van der Waals surface area contributed by atoms with Gasteiger partial charge in [0.1, 0.15) is 5.01 Å². The maximum Gasteiger partial charge on any atom is 0.254 e. The molecule has 1 N–H and O–H groups in total. The molecule has 1 aromatic heterocycles. The van der Waals surface area contributed by atoms with E-state index in [0.717, 1.165) is 42.7 Å². The maximum atomic E-state index is 13.6. The van der Waals surface area contributed by atoms with Crippen LogP contribution in [0.1, 0.15) is 59.0 Å². The number of benzene rings is 1. The van der Waals surface area contributed by atoms with Gasteiger partial charge in [0.05, 0.1) is 18.1 Å². The number of nitrogens with zero attached hydrogens (tertiary/aromatic N) is 3. The van der Waals surface area contributed by atoms with E-state index in [4.69, 9.17) is 4.74 Å². The lowest BCUT2D eigenvalue weighted by molar-refractivity contribution is -0.122. The Balaban J connectivity index is 1.80. The van der Waals surface area contributed by atoms with Crippen molar-refractivity contribution in [1.29, 1.82) is 0 Å². The molecule has 29 heavy (non-hydrogen) atoms. The minimum Gasteiger partial charge on any atom is -0.383 e. The predicted molar refractivity (Wildman–Crippen MR) is 111 cm³/mol. The Morgan fingerprint density at radius 1 is 1.28 bits per heavy atom. The van der Waals surface area contributed by atoms with Crippen LogP contribution in [0.4, 0.5) is 5.13 Å². The van der Waals surface area contributed by atoms with Crippen LogP contribution in [-0.4, -0.2) is 52.7 Å². The van der Waals surface area contributed by atoms with Gasteiger partial charge >= 0.3 is 0 Å². The number of rotatable bonds is 5. The Kier molecular flexibility index (Phi) is 5.65. The first-order valence-electron chi connectivity index (χ1n) is 10.1. The van der Waals surface area contributed by atoms with Crippen LogP contribution >= 0.6 is 11.3 Å². The zero-order chi connectivity index (χ0) is 20.4. The number of anilines is 1. The number of ether oxygens (including phenoxy) is 1. The third-order valence-corrected chi connectivity index (χ3v) is 6.83. The standard InChI is InChI=1S/C21H26N4O3S/c1-14-23-24-20(29-14)22-18(26)17-15-8-4-5-9-16(15)19(27)25(12-13-28-2)21(17)10-6-3-7-11-21/h4-5,8-9,17H,3,6-7,10-13H2,1-2H3,(H,22,24,26)/t17-/m0/s1. The molecular weight excluding hydrogens is 388 g/mol. The molecule has 1 aromatic carbocycles. The van der Waals surface area contributed by atoms with Gasteiger partial charge in [0.2, 0.25) is 11.0 Å². The fraction of sp³-hybridized carbons (Fsp3) is 0.524. The van der Waals surface area contributed by atoms with Gasteiger partial charge in [0.25, 0.3) is 5.91 Å². The van der Waals surface area contributed by atoms with Gasteiger partial charge in [-0.3, -0.25) is 14.9 Å². The third kappa shape index (κ3) is 3.55. The van der Waals surface area contributed by atoms with Crippen molar-refractivity contribution in [2.24, 2.45) is 0 Å². The van der Waals surface area contributed by atoms with Crippen LogP contribution in [-0.2, 0) is 9.53 Å². The molecule has 2 heterocycles. The Bertz CT molecular complexity index is 907. The topological polar surface area (TPSA) is 84.4 Å². The molecule has 1 saturated carbocycles. The number of hydrogen-bond donors (Lipinski definition) is 1. The molecule has 154 valence electrons. The van der Waals surface area contributed by atoms with Gasteiger partial charge in [0.15, 0.2) is 0 Å². The summed E-state index contributed by atoms with van der Waals surface area (Å²) in [6, 6.07) is 7.51. The summed E-state index contributed by atoms with van der Waals surface area (Å²) in [5.74, 6) is -0.571. The minimum absolute atomic E-state index is 0.00430. The van der Waals surface area contributed by atoms with Crippen molar-refractivity contribution in [3.8, 4) is 0 Å². The van der Waals surface area contributed by atoms with Crippen LogP contribution < -0.4 is 5.32 Å². The number of carbonyl (C=O) groups excluding carboxylic acids is 2. The normalized spacial score (nSPS) is 20.6. The molecule has 0 unspecified atom stereocenters. The lowest BCUT2D eigenvalue weighted by Crippen LogP contribution is -2.62. The molecule has 1 atom stereocenters. The van der Waals surface area contributed by atoms with Gasteiger partial charge in [0, 0.05) is 19.2 Å². The average molecular weight is 415 g/mol. The van der Waals surface area contributed by atoms with Crippen molar-refractivity contribution < 1.29 is 14.3 Å². The van der Waals surface area contributed by atoms with Crippen LogP contribution in [0.3, 0.4) is 0 Å². The van der Waals surface area contributed by atoms with Crippen molar-refractivity contribution in [3.05, 3.63) is 40.4 Å². The summed E-state index contributed by atoms with van der Waals surface area (Å²) in [6.45, 7) is 2.78. The first kappa shape index (κ1) is 20.0. The van der Waals surface area contributed by atoms with Crippen molar-refractivity contribution >= 4 is 28.3 Å². The molecule has 1 spiro atoms. The predicted octanol–water partition coefficient (Wildman–Crippen LogP) is 3.37. The van der Waals surface area contributed by atoms with E-state index in [9.17, 15) is 9.59 Å². The highest BCUT2D eigenvalue weighted by Gasteiger charge is 2.54. The van der Waals surface area contributed by atoms with Crippen LogP contribution in [0, 0.1) is 6.92 Å². The van der Waals surface area contributed by atoms with Crippen LogP contribution in [0.2, 0.25) is 0 Å². The number of carbonyl (C=O) groups is 2. The van der Waals surface area contributed by atoms with Gasteiger partial charge in [-0.05, 0) is 31.4 Å². The summed E-state index contributed by atoms with van der Waals surface area (Å²) < 4.78 is 5.30. The van der Waals surface area contributed by atoms with Crippen molar-refractivity contribution in [3.63, 3.8) is 0 Å². The Labute approximate surface area is 174 Å². The molecule has 0 bridgehead atoms. The summed E-state index contributed by atoms with van der Waals surface area (Å²) in [5, 5.41) is 12.3. The number of hydrogen-bond acceptors (Lipinski definition) is 6. The van der Waals surface area contributed by atoms with E-state index >= 15 is 0 Å². The third-order valence-electron chi connectivity index (χ3n) is 6.08. The van der Waals surface area contributed by atoms with Gasteiger partial charge in [-0.25, -0.2) is 0 Å². The lowest BCUT2D eigenvalue weighted by Gasteiger charge is -2.53. The number of aromatic nitrogens is 2. The molecule has 7 nitrogen and oxygen atoms in total. The Morgan fingerprint density at radius 2 is 2.03 bits per heavy atom. The second kappa shape index (κ2) is 8.20. The van der Waals surface area contributed by atoms with E-state index < -0.39 is 11.5 Å². The second-order valence-electron chi connectivity index (χ2n) is 7.75. The molecule has 2 amide bonds. The first-order chi connectivity index (χ1) is 14.1. The molecule has 1 aliphatic carbocycles. The molecular formula is C21H26N4O3S. The van der Waals surface area contributed by atoms with Gasteiger partial charge in [-0.15, -0.1) is 10.2 Å². The van der Waals surface area contributed by atoms with Crippen molar-refractivity contribution in [1.82, 2.24) is 15.1 Å². The van der Waals surface area contributed by atoms with Crippen LogP contribution in [0.25, 0.3) is 0 Å². The summed E-state index contributed by atoms with van der Waals surface area (Å²) in [7, 11) is 1.64. The lowest BCUT2D eigenvalue weighted by atomic mass is 9.65. The van der Waals surface area contributed by atoms with Gasteiger partial charge in [-0.1, -0.05) is 48.8 Å². The first-order valence-corrected chi connectivity index (χ1v) is 10.9. The largest absolute Gasteiger partial charge is 0.383 e. The summed E-state index contributed by atoms with van der Waals surface area (Å²) in [4.78, 5) is 29.0. The highest BCUT2D eigenvalue weighted by Crippen LogP contribution is 2.49. The Morgan fingerprint density at radius 3 is 2.72 bits per heavy atom. The smallest absolute Gasteiger partial charge is 0.254 e. The van der Waals surface area contributed by atoms with Crippen LogP contribution in [0.5, 0.6) is 0 Å². The molecule has 1 fully saturated rings. The number of nitrogens with one attached hydrogen (secondary N) is 1. The van der Waals surface area contributed by atoms with E-state index in [0.29, 0.717) is 23.8 Å². The monoisotopic (exact) mass is 414 g/mol. The van der Waals surface area contributed by atoms with E-state index in [1.165, 1.54) is 11.3 Å². The fourth-order valence-electron chi connectivity index (χ4n) is 4.88. The van der Waals surface area contributed by atoms with Gasteiger partial charge in [-0.2, -0.15) is 0 Å². The molecule has 4 rings (SSSR count). The summed E-state index contributed by atoms with van der Waals surface area (Å²) in [6.07, 6.45) is 4.74. The zero-order valence-corrected chi connectivity index (χ0v) is 17.6. The van der Waals surface area contributed by atoms with Crippen molar-refractivity contribution in [2.75, 3.05) is 25.6 Å². The summed E-state index contributed by atoms with van der Waals surface area (Å²) in [5.41, 5.74) is 0.881. The maximum absolute atomic E-state index is 13.6. The molecule has 2 aromatic rings. The van der Waals surface area contributed by atoms with E-state index in [-0.39, 0.29) is 11.8 Å². The molecule has 0 radical (unpaired) electrons. The number of amides is 2. The number of aryl methyl sites for hydroxylation is 1. The quantitative estimate of drug-likeness (QED) is 0.811. The van der Waals surface area contributed by atoms with Crippen molar-refractivity contribution in [2.45, 2.75) is 50.5 Å². The molecule has 8 heteroatoms. The molecule has 1 aliphatic heterocycles. The number of fused-ring (bicyclic) bond motifs is 1. The minimum atomic E-state index is -0.536. The van der Waals surface area contributed by atoms with Gasteiger partial charge < -0.3 is 9.64 Å². The highest BCUT2D eigenvalue weighted by molar-refractivity contribution is 7.15.